The third kappa shape index (κ3) is 4.84. The lowest BCUT2D eigenvalue weighted by Crippen LogP contribution is -2.49. The van der Waals surface area contributed by atoms with Gasteiger partial charge in [0.1, 0.15) is 0 Å². The maximum absolute atomic E-state index is 11.9. The predicted octanol–water partition coefficient (Wildman–Crippen LogP) is 2.09. The van der Waals surface area contributed by atoms with Crippen LogP contribution in [0, 0.1) is 17.8 Å². The standard InChI is InChI=1S/C15H28N2O2/c1-5-10(2)15(19)16-9-13(18)17-14-11(3)7-6-8-12(14)4/h10-12,14H,5-9H2,1-4H3,(H,16,19)(H,17,18)/t10-,11-,12-/m0/s1. The molecule has 2 amide bonds. The number of rotatable bonds is 5. The molecule has 1 saturated carbocycles. The Bertz CT molecular complexity index is 307. The van der Waals surface area contributed by atoms with Gasteiger partial charge in [0.15, 0.2) is 0 Å². The number of hydrogen-bond acceptors (Lipinski definition) is 2. The molecule has 1 rings (SSSR count). The second-order valence-corrected chi connectivity index (χ2v) is 6.01. The van der Waals surface area contributed by atoms with Crippen molar-refractivity contribution in [1.29, 1.82) is 0 Å². The molecule has 0 radical (unpaired) electrons. The molecule has 0 heterocycles. The maximum Gasteiger partial charge on any atom is 0.239 e. The van der Waals surface area contributed by atoms with Crippen LogP contribution in [-0.4, -0.2) is 24.4 Å². The van der Waals surface area contributed by atoms with Crippen molar-refractivity contribution >= 4 is 11.8 Å². The van der Waals surface area contributed by atoms with Crippen molar-refractivity contribution in [2.45, 2.75) is 59.4 Å². The molecule has 0 bridgehead atoms. The molecule has 2 N–H and O–H groups in total. The van der Waals surface area contributed by atoms with Gasteiger partial charge in [-0.25, -0.2) is 0 Å². The van der Waals surface area contributed by atoms with Crippen molar-refractivity contribution in [2.75, 3.05) is 6.54 Å². The Labute approximate surface area is 116 Å². The minimum atomic E-state index is -0.0674. The summed E-state index contributed by atoms with van der Waals surface area (Å²) in [5.41, 5.74) is 0. The highest BCUT2D eigenvalue weighted by molar-refractivity contribution is 5.85. The Hall–Kier alpha value is -1.06. The van der Waals surface area contributed by atoms with Crippen LogP contribution in [0.2, 0.25) is 0 Å². The topological polar surface area (TPSA) is 58.2 Å². The van der Waals surface area contributed by atoms with Crippen molar-refractivity contribution < 1.29 is 9.59 Å². The monoisotopic (exact) mass is 268 g/mol. The lowest BCUT2D eigenvalue weighted by atomic mass is 9.79. The van der Waals surface area contributed by atoms with Gasteiger partial charge in [0.2, 0.25) is 11.8 Å². The summed E-state index contributed by atoms with van der Waals surface area (Å²) in [5, 5.41) is 5.78. The van der Waals surface area contributed by atoms with E-state index in [1.807, 2.05) is 13.8 Å². The van der Waals surface area contributed by atoms with E-state index in [0.717, 1.165) is 6.42 Å². The van der Waals surface area contributed by atoms with E-state index in [0.29, 0.717) is 11.8 Å². The zero-order chi connectivity index (χ0) is 14.4. The summed E-state index contributed by atoms with van der Waals surface area (Å²) in [6.45, 7) is 8.32. The highest BCUT2D eigenvalue weighted by Gasteiger charge is 2.28. The van der Waals surface area contributed by atoms with Crippen molar-refractivity contribution in [2.24, 2.45) is 17.8 Å². The van der Waals surface area contributed by atoms with E-state index in [1.165, 1.54) is 19.3 Å². The third-order valence-electron chi connectivity index (χ3n) is 4.36. The summed E-state index contributed by atoms with van der Waals surface area (Å²) >= 11 is 0. The van der Waals surface area contributed by atoms with Crippen LogP contribution in [0.3, 0.4) is 0 Å². The minimum absolute atomic E-state index is 0.0275. The number of hydrogen-bond donors (Lipinski definition) is 2. The maximum atomic E-state index is 11.9. The van der Waals surface area contributed by atoms with Gasteiger partial charge in [0.25, 0.3) is 0 Å². The van der Waals surface area contributed by atoms with E-state index in [2.05, 4.69) is 24.5 Å². The third-order valence-corrected chi connectivity index (χ3v) is 4.36. The highest BCUT2D eigenvalue weighted by Crippen LogP contribution is 2.28. The molecule has 0 aromatic carbocycles. The van der Waals surface area contributed by atoms with Crippen LogP contribution < -0.4 is 10.6 Å². The molecule has 1 fully saturated rings. The van der Waals surface area contributed by atoms with Gasteiger partial charge in [-0.2, -0.15) is 0 Å². The molecule has 110 valence electrons. The Morgan fingerprint density at radius 1 is 1.21 bits per heavy atom. The average Bonchev–Trinajstić information content (AvgIpc) is 2.39. The summed E-state index contributed by atoms with van der Waals surface area (Å²) in [4.78, 5) is 23.5. The number of nitrogens with one attached hydrogen (secondary N) is 2. The second-order valence-electron chi connectivity index (χ2n) is 6.01. The summed E-state index contributed by atoms with van der Waals surface area (Å²) in [6, 6.07) is 0.252. The molecule has 0 spiro atoms. The van der Waals surface area contributed by atoms with Gasteiger partial charge in [-0.05, 0) is 31.1 Å². The summed E-state index contributed by atoms with van der Waals surface area (Å²) in [7, 11) is 0. The molecular weight excluding hydrogens is 240 g/mol. The summed E-state index contributed by atoms with van der Waals surface area (Å²) < 4.78 is 0. The number of amides is 2. The first kappa shape index (κ1) is 16.0. The number of carbonyl (C=O) groups is 2. The Morgan fingerprint density at radius 3 is 2.32 bits per heavy atom. The first-order chi connectivity index (χ1) is 8.95. The molecule has 0 aromatic heterocycles. The Balaban J connectivity index is 2.36. The van der Waals surface area contributed by atoms with Crippen LogP contribution in [0.4, 0.5) is 0 Å². The van der Waals surface area contributed by atoms with Crippen LogP contribution in [0.25, 0.3) is 0 Å². The molecule has 0 saturated heterocycles. The van der Waals surface area contributed by atoms with Gasteiger partial charge in [0.05, 0.1) is 6.54 Å². The first-order valence-corrected chi connectivity index (χ1v) is 7.52. The van der Waals surface area contributed by atoms with Gasteiger partial charge >= 0.3 is 0 Å². The molecule has 4 heteroatoms. The van der Waals surface area contributed by atoms with Crippen LogP contribution in [0.1, 0.15) is 53.4 Å². The quantitative estimate of drug-likeness (QED) is 0.802. The molecule has 0 aromatic rings. The fraction of sp³-hybridized carbons (Fsp3) is 0.867. The fourth-order valence-corrected chi connectivity index (χ4v) is 2.73. The molecule has 3 atom stereocenters. The molecule has 0 aliphatic heterocycles. The zero-order valence-electron chi connectivity index (χ0n) is 12.7. The van der Waals surface area contributed by atoms with Gasteiger partial charge in [0, 0.05) is 12.0 Å². The van der Waals surface area contributed by atoms with E-state index in [1.54, 1.807) is 0 Å². The number of carbonyl (C=O) groups excluding carboxylic acids is 2. The summed E-state index contributed by atoms with van der Waals surface area (Å²) in [5.74, 6) is 0.918. The fourth-order valence-electron chi connectivity index (χ4n) is 2.73. The van der Waals surface area contributed by atoms with E-state index in [9.17, 15) is 9.59 Å². The van der Waals surface area contributed by atoms with Crippen LogP contribution in [0.5, 0.6) is 0 Å². The molecular formula is C15H28N2O2. The highest BCUT2D eigenvalue weighted by atomic mass is 16.2. The van der Waals surface area contributed by atoms with Crippen LogP contribution in [0.15, 0.2) is 0 Å². The van der Waals surface area contributed by atoms with Crippen molar-refractivity contribution in [3.05, 3.63) is 0 Å². The predicted molar refractivity (Wildman–Crippen MR) is 76.6 cm³/mol. The molecule has 4 nitrogen and oxygen atoms in total. The molecule has 1 aliphatic rings. The largest absolute Gasteiger partial charge is 0.351 e. The average molecular weight is 268 g/mol. The van der Waals surface area contributed by atoms with Crippen molar-refractivity contribution in [3.8, 4) is 0 Å². The van der Waals surface area contributed by atoms with Gasteiger partial charge in [-0.15, -0.1) is 0 Å². The van der Waals surface area contributed by atoms with Gasteiger partial charge in [-0.3, -0.25) is 9.59 Å². The van der Waals surface area contributed by atoms with E-state index in [4.69, 9.17) is 0 Å². The zero-order valence-corrected chi connectivity index (χ0v) is 12.7. The second kappa shape index (κ2) is 7.51. The molecule has 1 aliphatic carbocycles. The van der Waals surface area contributed by atoms with Crippen molar-refractivity contribution in [3.63, 3.8) is 0 Å². The molecule has 19 heavy (non-hydrogen) atoms. The van der Waals surface area contributed by atoms with E-state index in [-0.39, 0.29) is 30.3 Å². The SMILES string of the molecule is CC[C@H](C)C(=O)NCC(=O)NC1[C@@H](C)CCC[C@@H]1C. The lowest BCUT2D eigenvalue weighted by molar-refractivity contribution is -0.128. The van der Waals surface area contributed by atoms with E-state index >= 15 is 0 Å². The summed E-state index contributed by atoms with van der Waals surface area (Å²) in [6.07, 6.45) is 4.40. The van der Waals surface area contributed by atoms with Gasteiger partial charge < -0.3 is 10.6 Å². The molecule has 0 unspecified atom stereocenters. The Morgan fingerprint density at radius 2 is 1.79 bits per heavy atom. The Kier molecular flexibility index (Phi) is 6.32. The first-order valence-electron chi connectivity index (χ1n) is 7.52. The normalized spacial score (nSPS) is 25.7. The smallest absolute Gasteiger partial charge is 0.239 e. The van der Waals surface area contributed by atoms with Crippen molar-refractivity contribution in [1.82, 2.24) is 10.6 Å². The van der Waals surface area contributed by atoms with E-state index < -0.39 is 0 Å². The van der Waals surface area contributed by atoms with Crippen LogP contribution in [-0.2, 0) is 9.59 Å². The minimum Gasteiger partial charge on any atom is -0.351 e. The van der Waals surface area contributed by atoms with Crippen LogP contribution >= 0.6 is 0 Å². The van der Waals surface area contributed by atoms with Gasteiger partial charge in [-0.1, -0.05) is 34.1 Å². The lowest BCUT2D eigenvalue weighted by Gasteiger charge is -2.35.